The monoisotopic (exact) mass is 322 g/mol. The lowest BCUT2D eigenvalue weighted by Gasteiger charge is -2.13. The second-order valence-electron chi connectivity index (χ2n) is 4.26. The summed E-state index contributed by atoms with van der Waals surface area (Å²) in [5.74, 6) is 1.29. The van der Waals surface area contributed by atoms with E-state index in [4.69, 9.17) is 9.84 Å². The fourth-order valence-electron chi connectivity index (χ4n) is 1.73. The largest absolute Gasteiger partial charge is 0.457 e. The molecule has 2 rings (SSSR count). The Morgan fingerprint density at radius 2 is 1.84 bits per heavy atom. The summed E-state index contributed by atoms with van der Waals surface area (Å²) in [6.07, 6.45) is -0.607. The molecule has 0 aromatic heterocycles. The van der Waals surface area contributed by atoms with Crippen molar-refractivity contribution >= 4 is 15.9 Å². The second kappa shape index (κ2) is 6.19. The van der Waals surface area contributed by atoms with Gasteiger partial charge in [0.1, 0.15) is 11.5 Å². The van der Waals surface area contributed by atoms with Gasteiger partial charge in [0.15, 0.2) is 0 Å². The molecule has 1 unspecified atom stereocenters. The van der Waals surface area contributed by atoms with Gasteiger partial charge in [0.25, 0.3) is 0 Å². The highest BCUT2D eigenvalue weighted by Crippen LogP contribution is 2.32. The van der Waals surface area contributed by atoms with Gasteiger partial charge in [-0.15, -0.1) is 0 Å². The van der Waals surface area contributed by atoms with Crippen LogP contribution in [0.5, 0.6) is 11.5 Å². The number of hydrogen-bond donors (Lipinski definition) is 2. The maximum Gasteiger partial charge on any atom is 0.133 e. The van der Waals surface area contributed by atoms with Gasteiger partial charge in [-0.3, -0.25) is 0 Å². The number of hydrogen-bond acceptors (Lipinski definition) is 3. The molecule has 2 N–H and O–H groups in total. The van der Waals surface area contributed by atoms with Crippen LogP contribution in [0.15, 0.2) is 46.9 Å². The van der Waals surface area contributed by atoms with Gasteiger partial charge in [0, 0.05) is 10.0 Å². The Labute approximate surface area is 120 Å². The third kappa shape index (κ3) is 3.56. The van der Waals surface area contributed by atoms with Crippen molar-refractivity contribution in [2.45, 2.75) is 19.6 Å². The van der Waals surface area contributed by atoms with Gasteiger partial charge in [-0.05, 0) is 42.8 Å². The zero-order valence-corrected chi connectivity index (χ0v) is 12.1. The minimum atomic E-state index is -0.607. The van der Waals surface area contributed by atoms with Crippen LogP contribution in [0.25, 0.3) is 0 Å². The molecule has 19 heavy (non-hydrogen) atoms. The molecule has 0 radical (unpaired) electrons. The van der Waals surface area contributed by atoms with Crippen LogP contribution < -0.4 is 4.74 Å². The number of ether oxygens (including phenoxy) is 1. The average molecular weight is 323 g/mol. The van der Waals surface area contributed by atoms with E-state index in [1.807, 2.05) is 18.2 Å². The Morgan fingerprint density at radius 1 is 1.16 bits per heavy atom. The lowest BCUT2D eigenvalue weighted by Crippen LogP contribution is -1.96. The van der Waals surface area contributed by atoms with Crippen LogP contribution in [0, 0.1) is 0 Å². The Bertz CT molecular complexity index is 550. The highest BCUT2D eigenvalue weighted by atomic mass is 79.9. The first-order chi connectivity index (χ1) is 9.10. The minimum absolute atomic E-state index is 0.0114. The van der Waals surface area contributed by atoms with E-state index in [2.05, 4.69) is 15.9 Å². The van der Waals surface area contributed by atoms with E-state index < -0.39 is 6.10 Å². The van der Waals surface area contributed by atoms with Crippen molar-refractivity contribution in [2.75, 3.05) is 0 Å². The summed E-state index contributed by atoms with van der Waals surface area (Å²) in [5.41, 5.74) is 1.56. The minimum Gasteiger partial charge on any atom is -0.457 e. The summed E-state index contributed by atoms with van der Waals surface area (Å²) in [6, 6.07) is 12.7. The Morgan fingerprint density at radius 3 is 2.42 bits per heavy atom. The van der Waals surface area contributed by atoms with Crippen molar-refractivity contribution in [1.29, 1.82) is 0 Å². The fraction of sp³-hybridized carbons (Fsp3) is 0.200. The molecular weight excluding hydrogens is 308 g/mol. The first kappa shape index (κ1) is 14.1. The fourth-order valence-corrected chi connectivity index (χ4v) is 2.11. The predicted molar refractivity (Wildman–Crippen MR) is 77.2 cm³/mol. The van der Waals surface area contributed by atoms with Gasteiger partial charge in [0.05, 0.1) is 12.7 Å². The third-order valence-corrected chi connectivity index (χ3v) is 3.25. The molecule has 0 bridgehead atoms. The predicted octanol–water partition coefficient (Wildman–Crippen LogP) is 3.79. The molecule has 2 aromatic carbocycles. The maximum atomic E-state index is 9.76. The van der Waals surface area contributed by atoms with Crippen LogP contribution in [0.2, 0.25) is 0 Å². The lowest BCUT2D eigenvalue weighted by molar-refractivity contribution is 0.195. The summed E-state index contributed by atoms with van der Waals surface area (Å²) in [4.78, 5) is 0. The van der Waals surface area contributed by atoms with Gasteiger partial charge in [-0.2, -0.15) is 0 Å². The first-order valence-electron chi connectivity index (χ1n) is 5.95. The zero-order valence-electron chi connectivity index (χ0n) is 10.5. The molecule has 0 fully saturated rings. The number of aliphatic hydroxyl groups excluding tert-OH is 2. The molecule has 2 aromatic rings. The topological polar surface area (TPSA) is 49.7 Å². The summed E-state index contributed by atoms with van der Waals surface area (Å²) >= 11 is 3.37. The number of rotatable bonds is 4. The average Bonchev–Trinajstić information content (AvgIpc) is 2.41. The molecule has 4 heteroatoms. The number of aliphatic hydroxyl groups is 2. The third-order valence-electron chi connectivity index (χ3n) is 2.76. The normalized spacial score (nSPS) is 12.2. The van der Waals surface area contributed by atoms with Crippen LogP contribution in [0.3, 0.4) is 0 Å². The van der Waals surface area contributed by atoms with Gasteiger partial charge < -0.3 is 14.9 Å². The van der Waals surface area contributed by atoms with E-state index in [1.54, 1.807) is 31.2 Å². The van der Waals surface area contributed by atoms with Gasteiger partial charge in [-0.1, -0.05) is 28.1 Å². The van der Waals surface area contributed by atoms with Crippen molar-refractivity contribution in [3.05, 3.63) is 58.1 Å². The molecular formula is C15H15BrO3. The highest BCUT2D eigenvalue weighted by Gasteiger charge is 2.10. The summed E-state index contributed by atoms with van der Waals surface area (Å²) < 4.78 is 6.66. The van der Waals surface area contributed by atoms with E-state index in [9.17, 15) is 5.11 Å². The van der Waals surface area contributed by atoms with Crippen LogP contribution in [0.1, 0.15) is 24.2 Å². The van der Waals surface area contributed by atoms with Crippen LogP contribution in [-0.2, 0) is 6.61 Å². The molecule has 0 amide bonds. The lowest BCUT2D eigenvalue weighted by atomic mass is 10.1. The first-order valence-corrected chi connectivity index (χ1v) is 6.74. The van der Waals surface area contributed by atoms with E-state index in [1.165, 1.54) is 0 Å². The molecule has 1 atom stereocenters. The van der Waals surface area contributed by atoms with E-state index in [-0.39, 0.29) is 6.61 Å². The molecule has 0 heterocycles. The molecule has 0 aliphatic carbocycles. The molecule has 0 aliphatic rings. The molecule has 0 aliphatic heterocycles. The Balaban J connectivity index is 2.26. The summed E-state index contributed by atoms with van der Waals surface area (Å²) in [6.45, 7) is 1.71. The Hall–Kier alpha value is -1.36. The van der Waals surface area contributed by atoms with E-state index >= 15 is 0 Å². The molecule has 0 saturated carbocycles. The van der Waals surface area contributed by atoms with Crippen molar-refractivity contribution in [3.63, 3.8) is 0 Å². The van der Waals surface area contributed by atoms with Gasteiger partial charge >= 0.3 is 0 Å². The van der Waals surface area contributed by atoms with E-state index in [0.717, 1.165) is 15.6 Å². The molecule has 3 nitrogen and oxygen atoms in total. The Kier molecular flexibility index (Phi) is 4.58. The summed E-state index contributed by atoms with van der Waals surface area (Å²) in [5, 5.41) is 18.7. The summed E-state index contributed by atoms with van der Waals surface area (Å²) in [7, 11) is 0. The maximum absolute atomic E-state index is 9.76. The van der Waals surface area contributed by atoms with Crippen molar-refractivity contribution in [2.24, 2.45) is 0 Å². The van der Waals surface area contributed by atoms with Crippen molar-refractivity contribution < 1.29 is 14.9 Å². The smallest absolute Gasteiger partial charge is 0.133 e. The van der Waals surface area contributed by atoms with Crippen molar-refractivity contribution in [1.82, 2.24) is 0 Å². The van der Waals surface area contributed by atoms with Crippen LogP contribution >= 0.6 is 15.9 Å². The molecule has 0 saturated heterocycles. The van der Waals surface area contributed by atoms with Crippen LogP contribution in [-0.4, -0.2) is 10.2 Å². The number of benzene rings is 2. The highest BCUT2D eigenvalue weighted by molar-refractivity contribution is 9.10. The molecule has 100 valence electrons. The SMILES string of the molecule is CC(O)c1cc(Br)ccc1Oc1ccc(CO)cc1. The van der Waals surface area contributed by atoms with Gasteiger partial charge in [-0.25, -0.2) is 0 Å². The molecule has 0 spiro atoms. The van der Waals surface area contributed by atoms with E-state index in [0.29, 0.717) is 11.5 Å². The van der Waals surface area contributed by atoms with Crippen LogP contribution in [0.4, 0.5) is 0 Å². The quantitative estimate of drug-likeness (QED) is 0.900. The van der Waals surface area contributed by atoms with Gasteiger partial charge in [0.2, 0.25) is 0 Å². The second-order valence-corrected chi connectivity index (χ2v) is 5.18. The van der Waals surface area contributed by atoms with Crippen molar-refractivity contribution in [3.8, 4) is 11.5 Å². The standard InChI is InChI=1S/C15H15BrO3/c1-10(18)14-8-12(16)4-7-15(14)19-13-5-2-11(9-17)3-6-13/h2-8,10,17-18H,9H2,1H3. The number of halogens is 1. The zero-order chi connectivity index (χ0) is 13.8.